The molecule has 1 heterocycles. The Kier molecular flexibility index (Phi) is 5.10. The van der Waals surface area contributed by atoms with E-state index >= 15 is 0 Å². The number of aromatic nitrogens is 1. The number of likely N-dealkylation sites (N-methyl/N-ethyl adjacent to an activating group) is 1. The molecule has 0 aliphatic carbocycles. The van der Waals surface area contributed by atoms with Crippen LogP contribution in [0.3, 0.4) is 0 Å². The first-order chi connectivity index (χ1) is 12.1. The lowest BCUT2D eigenvalue weighted by atomic mass is 10.0. The monoisotopic (exact) mass is 333 g/mol. The van der Waals surface area contributed by atoms with Crippen LogP contribution in [0.1, 0.15) is 22.7 Å². The van der Waals surface area contributed by atoms with Crippen LogP contribution in [0.5, 0.6) is 0 Å². The molecule has 25 heavy (non-hydrogen) atoms. The Morgan fingerprint density at radius 1 is 1.12 bits per heavy atom. The smallest absolute Gasteiger partial charge is 0.242 e. The van der Waals surface area contributed by atoms with E-state index < -0.39 is 0 Å². The topological polar surface area (TPSA) is 45.2 Å². The zero-order valence-corrected chi connectivity index (χ0v) is 14.9. The number of fused-ring (bicyclic) bond motifs is 1. The van der Waals surface area contributed by atoms with E-state index in [1.54, 1.807) is 6.20 Å². The van der Waals surface area contributed by atoms with E-state index in [1.165, 1.54) is 0 Å². The highest BCUT2D eigenvalue weighted by atomic mass is 16.2. The summed E-state index contributed by atoms with van der Waals surface area (Å²) in [5, 5.41) is 4.15. The zero-order chi connectivity index (χ0) is 17.8. The molecule has 0 spiro atoms. The lowest BCUT2D eigenvalue weighted by Crippen LogP contribution is -2.36. The minimum atomic E-state index is -0.312. The van der Waals surface area contributed by atoms with Crippen LogP contribution >= 0.6 is 0 Å². The first kappa shape index (κ1) is 17.1. The number of carbonyl (C=O) groups excluding carboxylic acids is 1. The van der Waals surface area contributed by atoms with E-state index in [9.17, 15) is 4.79 Å². The molecule has 0 aliphatic heterocycles. The Labute approximate surface area is 148 Å². The van der Waals surface area contributed by atoms with Crippen LogP contribution in [0.2, 0.25) is 0 Å². The van der Waals surface area contributed by atoms with Crippen molar-refractivity contribution in [3.8, 4) is 0 Å². The van der Waals surface area contributed by atoms with Gasteiger partial charge in [0.15, 0.2) is 0 Å². The molecular weight excluding hydrogens is 310 g/mol. The molecule has 1 atom stereocenters. The van der Waals surface area contributed by atoms with Crippen LogP contribution in [0, 0.1) is 6.92 Å². The van der Waals surface area contributed by atoms with Crippen molar-refractivity contribution in [2.75, 3.05) is 14.1 Å². The molecule has 1 amide bonds. The molecule has 0 saturated heterocycles. The average molecular weight is 333 g/mol. The van der Waals surface area contributed by atoms with Crippen molar-refractivity contribution in [1.29, 1.82) is 0 Å². The maximum Gasteiger partial charge on any atom is 0.242 e. The molecular formula is C21H23N3O. The molecule has 128 valence electrons. The lowest BCUT2D eigenvalue weighted by Gasteiger charge is -2.24. The van der Waals surface area contributed by atoms with Gasteiger partial charge in [0.25, 0.3) is 0 Å². The molecule has 0 unspecified atom stereocenters. The average Bonchev–Trinajstić information content (AvgIpc) is 2.60. The fourth-order valence-electron chi connectivity index (χ4n) is 3.11. The number of rotatable bonds is 5. The van der Waals surface area contributed by atoms with Crippen LogP contribution in [0.4, 0.5) is 0 Å². The van der Waals surface area contributed by atoms with Crippen molar-refractivity contribution < 1.29 is 4.79 Å². The van der Waals surface area contributed by atoms with Gasteiger partial charge in [-0.25, -0.2) is 0 Å². The molecule has 4 heteroatoms. The van der Waals surface area contributed by atoms with Crippen LogP contribution < -0.4 is 5.32 Å². The molecule has 4 nitrogen and oxygen atoms in total. The molecule has 0 bridgehead atoms. The Morgan fingerprint density at radius 3 is 2.68 bits per heavy atom. The summed E-state index contributed by atoms with van der Waals surface area (Å²) < 4.78 is 0. The lowest BCUT2D eigenvalue weighted by molar-refractivity contribution is -0.125. The van der Waals surface area contributed by atoms with E-state index in [0.717, 1.165) is 27.6 Å². The van der Waals surface area contributed by atoms with Crippen molar-refractivity contribution >= 4 is 16.8 Å². The second kappa shape index (κ2) is 7.45. The van der Waals surface area contributed by atoms with Crippen molar-refractivity contribution in [1.82, 2.24) is 15.2 Å². The highest BCUT2D eigenvalue weighted by molar-refractivity contribution is 5.85. The summed E-state index contributed by atoms with van der Waals surface area (Å²) in [4.78, 5) is 19.1. The molecule has 0 radical (unpaired) electrons. The molecule has 0 aliphatic rings. The van der Waals surface area contributed by atoms with Gasteiger partial charge in [0.2, 0.25) is 5.91 Å². The first-order valence-electron chi connectivity index (χ1n) is 8.39. The second-order valence-corrected chi connectivity index (χ2v) is 6.49. The second-order valence-electron chi connectivity index (χ2n) is 6.49. The summed E-state index contributed by atoms with van der Waals surface area (Å²) in [6, 6.07) is 17.7. The highest BCUT2D eigenvalue weighted by Crippen LogP contribution is 2.21. The third kappa shape index (κ3) is 3.86. The maximum absolute atomic E-state index is 12.8. The number of carbonyl (C=O) groups is 1. The van der Waals surface area contributed by atoms with Crippen molar-refractivity contribution in [2.45, 2.75) is 19.5 Å². The van der Waals surface area contributed by atoms with E-state index in [1.807, 2.05) is 74.4 Å². The van der Waals surface area contributed by atoms with Gasteiger partial charge in [-0.05, 0) is 44.3 Å². The van der Waals surface area contributed by atoms with E-state index in [4.69, 9.17) is 0 Å². The molecule has 2 aromatic carbocycles. The standard InChI is InChI=1S/C21H23N3O/c1-15-7-6-8-16(13-15)20(24(2)3)21(25)23-14-17-11-12-22-19-10-5-4-9-18(17)19/h4-13,20H,14H2,1-3H3,(H,23,25)/t20-/m1/s1. The minimum absolute atomic E-state index is 0.00325. The number of hydrogen-bond donors (Lipinski definition) is 1. The number of nitrogens with one attached hydrogen (secondary N) is 1. The fourth-order valence-corrected chi connectivity index (χ4v) is 3.11. The molecule has 3 aromatic rings. The van der Waals surface area contributed by atoms with Gasteiger partial charge in [0.1, 0.15) is 6.04 Å². The molecule has 1 N–H and O–H groups in total. The number of pyridine rings is 1. The van der Waals surface area contributed by atoms with Crippen LogP contribution in [0.25, 0.3) is 10.9 Å². The van der Waals surface area contributed by atoms with Gasteiger partial charge in [0.05, 0.1) is 5.52 Å². The fraction of sp³-hybridized carbons (Fsp3) is 0.238. The number of hydrogen-bond acceptors (Lipinski definition) is 3. The van der Waals surface area contributed by atoms with Crippen molar-refractivity contribution in [2.24, 2.45) is 0 Å². The van der Waals surface area contributed by atoms with Gasteiger partial charge in [-0.3, -0.25) is 14.7 Å². The number of benzene rings is 2. The predicted octanol–water partition coefficient (Wildman–Crippen LogP) is 3.46. The van der Waals surface area contributed by atoms with Gasteiger partial charge < -0.3 is 5.32 Å². The third-order valence-electron chi connectivity index (χ3n) is 4.32. The summed E-state index contributed by atoms with van der Waals surface area (Å²) in [6.07, 6.45) is 1.79. The Bertz CT molecular complexity index is 884. The first-order valence-corrected chi connectivity index (χ1v) is 8.39. The molecule has 1 aromatic heterocycles. The molecule has 0 fully saturated rings. The summed E-state index contributed by atoms with van der Waals surface area (Å²) in [7, 11) is 3.85. The van der Waals surface area contributed by atoms with Crippen LogP contribution in [-0.2, 0) is 11.3 Å². The highest BCUT2D eigenvalue weighted by Gasteiger charge is 2.22. The van der Waals surface area contributed by atoms with E-state index in [-0.39, 0.29) is 11.9 Å². The predicted molar refractivity (Wildman–Crippen MR) is 101 cm³/mol. The normalized spacial score (nSPS) is 12.3. The van der Waals surface area contributed by atoms with Gasteiger partial charge in [-0.1, -0.05) is 48.0 Å². The molecule has 3 rings (SSSR count). The Hall–Kier alpha value is -2.72. The van der Waals surface area contributed by atoms with Gasteiger partial charge in [0, 0.05) is 18.1 Å². The zero-order valence-electron chi connectivity index (χ0n) is 14.9. The summed E-state index contributed by atoms with van der Waals surface area (Å²) in [6.45, 7) is 2.52. The number of para-hydroxylation sites is 1. The largest absolute Gasteiger partial charge is 0.350 e. The van der Waals surface area contributed by atoms with E-state index in [0.29, 0.717) is 6.54 Å². The van der Waals surface area contributed by atoms with Crippen molar-refractivity contribution in [3.63, 3.8) is 0 Å². The summed E-state index contributed by atoms with van der Waals surface area (Å²) in [5.74, 6) is -0.00325. The van der Waals surface area contributed by atoms with E-state index in [2.05, 4.69) is 16.4 Å². The maximum atomic E-state index is 12.8. The minimum Gasteiger partial charge on any atom is -0.350 e. The molecule has 0 saturated carbocycles. The van der Waals surface area contributed by atoms with Gasteiger partial charge >= 0.3 is 0 Å². The van der Waals surface area contributed by atoms with Crippen LogP contribution in [0.15, 0.2) is 60.8 Å². The summed E-state index contributed by atoms with van der Waals surface area (Å²) >= 11 is 0. The Balaban J connectivity index is 1.80. The SMILES string of the molecule is Cc1cccc([C@H](C(=O)NCc2ccnc3ccccc23)N(C)C)c1. The van der Waals surface area contributed by atoms with Gasteiger partial charge in [-0.2, -0.15) is 0 Å². The number of nitrogens with zero attached hydrogens (tertiary/aromatic N) is 2. The summed E-state index contributed by atoms with van der Waals surface area (Å²) in [5.41, 5.74) is 4.16. The van der Waals surface area contributed by atoms with Crippen molar-refractivity contribution in [3.05, 3.63) is 77.5 Å². The number of aryl methyl sites for hydroxylation is 1. The third-order valence-corrected chi connectivity index (χ3v) is 4.32. The Morgan fingerprint density at radius 2 is 1.92 bits per heavy atom. The quantitative estimate of drug-likeness (QED) is 0.778. The van der Waals surface area contributed by atoms with Crippen LogP contribution in [-0.4, -0.2) is 29.9 Å². The van der Waals surface area contributed by atoms with Gasteiger partial charge in [-0.15, -0.1) is 0 Å². The number of amides is 1.